The summed E-state index contributed by atoms with van der Waals surface area (Å²) < 4.78 is 5.77. The first-order valence-electron chi connectivity index (χ1n) is 11.9. The fourth-order valence-corrected chi connectivity index (χ4v) is 9.69. The van der Waals surface area contributed by atoms with Gasteiger partial charge in [0.1, 0.15) is 0 Å². The molecule has 4 nitrogen and oxygen atoms in total. The third-order valence-electron chi connectivity index (χ3n) is 6.25. The van der Waals surface area contributed by atoms with Gasteiger partial charge in [-0.1, -0.05) is 69.2 Å². The van der Waals surface area contributed by atoms with Gasteiger partial charge < -0.3 is 9.96 Å². The predicted molar refractivity (Wildman–Crippen MR) is 125 cm³/mol. The van der Waals surface area contributed by atoms with Gasteiger partial charge in [0.05, 0.1) is 0 Å². The molecule has 5 heteroatoms. The zero-order valence-electron chi connectivity index (χ0n) is 20.4. The van der Waals surface area contributed by atoms with Gasteiger partial charge in [-0.2, -0.15) is 0 Å². The standard InChI is InChI=1S/C22H52N4Si/c1-11-17-23-27(24-18-12-2,25(19(7)13-3)20(8)14-4)26(21(9)15-5)22(10)16-6/h19-24H,11-18H2,1-10H3. The Balaban J connectivity index is 6.54. The number of nitrogens with one attached hydrogen (secondary N) is 2. The van der Waals surface area contributed by atoms with Crippen LogP contribution in [0.1, 0.15) is 108 Å². The molecule has 0 aromatic carbocycles. The first-order chi connectivity index (χ1) is 12.8. The third kappa shape index (κ3) is 7.11. The first-order valence-corrected chi connectivity index (χ1v) is 13.8. The van der Waals surface area contributed by atoms with Crippen LogP contribution in [0.3, 0.4) is 0 Å². The second kappa shape index (κ2) is 14.1. The molecule has 0 bridgehead atoms. The Hall–Kier alpha value is 0.0569. The average molecular weight is 401 g/mol. The van der Waals surface area contributed by atoms with E-state index in [2.05, 4.69) is 88.3 Å². The van der Waals surface area contributed by atoms with Crippen LogP contribution in [0.25, 0.3) is 0 Å². The van der Waals surface area contributed by atoms with Gasteiger partial charge in [0.25, 0.3) is 0 Å². The largest absolute Gasteiger partial charge is 0.372 e. The molecule has 0 aromatic heterocycles. The van der Waals surface area contributed by atoms with E-state index >= 15 is 0 Å². The normalized spacial score (nSPS) is 17.3. The van der Waals surface area contributed by atoms with Crippen molar-refractivity contribution in [1.29, 1.82) is 0 Å². The van der Waals surface area contributed by atoms with Gasteiger partial charge in [0.2, 0.25) is 0 Å². The molecule has 164 valence electrons. The molecule has 4 unspecified atom stereocenters. The smallest absolute Gasteiger partial charge is 0.300 e. The van der Waals surface area contributed by atoms with Crippen molar-refractivity contribution in [2.24, 2.45) is 0 Å². The molecular weight excluding hydrogens is 348 g/mol. The highest BCUT2D eigenvalue weighted by atomic mass is 28.4. The zero-order valence-corrected chi connectivity index (χ0v) is 21.4. The fourth-order valence-electron chi connectivity index (χ4n) is 4.09. The summed E-state index contributed by atoms with van der Waals surface area (Å²) in [7, 11) is -2.27. The van der Waals surface area contributed by atoms with E-state index in [0.29, 0.717) is 24.2 Å². The van der Waals surface area contributed by atoms with Crippen molar-refractivity contribution in [1.82, 2.24) is 19.1 Å². The van der Waals surface area contributed by atoms with Gasteiger partial charge in [-0.05, 0) is 51.6 Å². The van der Waals surface area contributed by atoms with E-state index in [0.717, 1.165) is 13.1 Å². The van der Waals surface area contributed by atoms with Crippen LogP contribution in [0.15, 0.2) is 0 Å². The average Bonchev–Trinajstić information content (AvgIpc) is 2.69. The third-order valence-corrected chi connectivity index (χ3v) is 11.0. The van der Waals surface area contributed by atoms with Crippen molar-refractivity contribution in [3.63, 3.8) is 0 Å². The Morgan fingerprint density at radius 2 is 0.815 bits per heavy atom. The summed E-state index contributed by atoms with van der Waals surface area (Å²) in [6.45, 7) is 25.8. The minimum atomic E-state index is -2.27. The topological polar surface area (TPSA) is 30.5 Å². The Morgan fingerprint density at radius 3 is 1.00 bits per heavy atom. The highest BCUT2D eigenvalue weighted by Gasteiger charge is 2.52. The van der Waals surface area contributed by atoms with Gasteiger partial charge in [0, 0.05) is 24.2 Å². The molecule has 0 aliphatic rings. The van der Waals surface area contributed by atoms with Gasteiger partial charge in [-0.3, -0.25) is 9.13 Å². The molecule has 0 fully saturated rings. The van der Waals surface area contributed by atoms with Crippen LogP contribution >= 0.6 is 0 Å². The maximum Gasteiger partial charge on any atom is 0.372 e. The predicted octanol–water partition coefficient (Wildman–Crippen LogP) is 5.22. The van der Waals surface area contributed by atoms with Crippen LogP contribution in [0.2, 0.25) is 0 Å². The minimum absolute atomic E-state index is 0.566. The van der Waals surface area contributed by atoms with E-state index in [1.165, 1.54) is 38.5 Å². The molecule has 0 saturated heterocycles. The molecule has 0 aromatic rings. The lowest BCUT2D eigenvalue weighted by Gasteiger charge is -2.56. The zero-order chi connectivity index (χ0) is 21.0. The lowest BCUT2D eigenvalue weighted by molar-refractivity contribution is 0.153. The van der Waals surface area contributed by atoms with Crippen LogP contribution < -0.4 is 9.96 Å². The van der Waals surface area contributed by atoms with Gasteiger partial charge in [0.15, 0.2) is 0 Å². The summed E-state index contributed by atoms with van der Waals surface area (Å²) in [6, 6.07) is 2.26. The molecule has 2 N–H and O–H groups in total. The van der Waals surface area contributed by atoms with Crippen LogP contribution in [0, 0.1) is 0 Å². The molecule has 27 heavy (non-hydrogen) atoms. The lowest BCUT2D eigenvalue weighted by Crippen LogP contribution is -2.86. The number of rotatable bonds is 16. The van der Waals surface area contributed by atoms with E-state index in [1.54, 1.807) is 0 Å². The summed E-state index contributed by atoms with van der Waals surface area (Å²) >= 11 is 0. The Bertz CT molecular complexity index is 312. The van der Waals surface area contributed by atoms with Crippen LogP contribution in [-0.2, 0) is 0 Å². The van der Waals surface area contributed by atoms with Crippen molar-refractivity contribution in [3.05, 3.63) is 0 Å². The summed E-state index contributed by atoms with van der Waals surface area (Å²) in [5.74, 6) is 0. The molecule has 0 aliphatic heterocycles. The monoisotopic (exact) mass is 400 g/mol. The summed E-state index contributed by atoms with van der Waals surface area (Å²) in [5, 5.41) is 0. The first kappa shape index (κ1) is 27.1. The molecule has 0 aliphatic carbocycles. The van der Waals surface area contributed by atoms with E-state index in [-0.39, 0.29) is 0 Å². The van der Waals surface area contributed by atoms with Crippen molar-refractivity contribution in [2.45, 2.75) is 132 Å². The Kier molecular flexibility index (Phi) is 14.1. The molecule has 0 amide bonds. The van der Waals surface area contributed by atoms with Gasteiger partial charge in [-0.25, -0.2) is 0 Å². The number of hydrogen-bond donors (Lipinski definition) is 2. The fraction of sp³-hybridized carbons (Fsp3) is 1.00. The van der Waals surface area contributed by atoms with E-state index in [9.17, 15) is 0 Å². The highest BCUT2D eigenvalue weighted by Crippen LogP contribution is 2.27. The lowest BCUT2D eigenvalue weighted by atomic mass is 10.2. The summed E-state index contributed by atoms with van der Waals surface area (Å²) in [5.41, 5.74) is 0. The molecular formula is C22H52N4Si. The molecule has 0 saturated carbocycles. The molecule has 0 rings (SSSR count). The molecule has 4 atom stereocenters. The van der Waals surface area contributed by atoms with Crippen LogP contribution in [0.5, 0.6) is 0 Å². The quantitative estimate of drug-likeness (QED) is 0.348. The Morgan fingerprint density at radius 1 is 0.556 bits per heavy atom. The van der Waals surface area contributed by atoms with Gasteiger partial charge in [-0.15, -0.1) is 0 Å². The van der Waals surface area contributed by atoms with Crippen LogP contribution in [0.4, 0.5) is 0 Å². The maximum atomic E-state index is 4.16. The number of hydrogen-bond acceptors (Lipinski definition) is 4. The van der Waals surface area contributed by atoms with E-state index in [1.807, 2.05) is 0 Å². The highest BCUT2D eigenvalue weighted by molar-refractivity contribution is 6.69. The molecule has 0 spiro atoms. The minimum Gasteiger partial charge on any atom is -0.300 e. The Labute approximate surface area is 173 Å². The second-order valence-electron chi connectivity index (χ2n) is 8.37. The van der Waals surface area contributed by atoms with Crippen molar-refractivity contribution in [3.8, 4) is 0 Å². The summed E-state index contributed by atoms with van der Waals surface area (Å²) in [6.07, 6.45) is 7.11. The van der Waals surface area contributed by atoms with Crippen LogP contribution in [-0.4, -0.2) is 55.1 Å². The second-order valence-corrected chi connectivity index (χ2v) is 11.5. The van der Waals surface area contributed by atoms with Crippen molar-refractivity contribution in [2.75, 3.05) is 13.1 Å². The van der Waals surface area contributed by atoms with E-state index in [4.69, 9.17) is 0 Å². The maximum absolute atomic E-state index is 4.16. The van der Waals surface area contributed by atoms with Crippen molar-refractivity contribution < 1.29 is 0 Å². The number of nitrogens with zero attached hydrogens (tertiary/aromatic N) is 2. The van der Waals surface area contributed by atoms with Gasteiger partial charge >= 0.3 is 8.72 Å². The van der Waals surface area contributed by atoms with Crippen molar-refractivity contribution >= 4 is 8.72 Å². The molecule has 0 heterocycles. The SMILES string of the molecule is CCCN[Si](NCCC)(N(C(C)CC)C(C)CC)N(C(C)CC)C(C)CC. The van der Waals surface area contributed by atoms with E-state index < -0.39 is 8.72 Å². The molecule has 0 radical (unpaired) electrons. The summed E-state index contributed by atoms with van der Waals surface area (Å²) in [4.78, 5) is 8.32.